The minimum absolute atomic E-state index is 0.656. The second kappa shape index (κ2) is 3.19. The molecule has 0 spiro atoms. The van der Waals surface area contributed by atoms with Crippen LogP contribution in [0.2, 0.25) is 0 Å². The molecule has 0 atom stereocenters. The number of anilines is 1. The van der Waals surface area contributed by atoms with Crippen LogP contribution < -0.4 is 5.32 Å². The van der Waals surface area contributed by atoms with Crippen molar-refractivity contribution in [2.75, 3.05) is 5.32 Å². The predicted octanol–water partition coefficient (Wildman–Crippen LogP) is 1.75. The number of rotatable bonds is 2. The molecule has 0 aliphatic carbocycles. The van der Waals surface area contributed by atoms with Gasteiger partial charge in [0.1, 0.15) is 0 Å². The average Bonchev–Trinajstić information content (AvgIpc) is 1.99. The van der Waals surface area contributed by atoms with E-state index in [4.69, 9.17) is 0 Å². The molecule has 0 unspecified atom stereocenters. The van der Waals surface area contributed by atoms with Crippen LogP contribution in [0.3, 0.4) is 0 Å². The van der Waals surface area contributed by atoms with Crippen LogP contribution in [0.1, 0.15) is 11.1 Å². The van der Waals surface area contributed by atoms with E-state index >= 15 is 0 Å². The maximum absolute atomic E-state index is 10.1. The lowest BCUT2D eigenvalue weighted by molar-refractivity contribution is -0.105. The van der Waals surface area contributed by atoms with Gasteiger partial charge in [0.2, 0.25) is 6.41 Å². The molecule has 0 bridgehead atoms. The molecule has 1 radical (unpaired) electrons. The molecule has 57 valence electrons. The number of carbonyl (C=O) groups is 1. The Bertz CT molecular complexity index is 268. The van der Waals surface area contributed by atoms with Crippen LogP contribution in [0.25, 0.3) is 0 Å². The minimum atomic E-state index is 0.656. The molecule has 0 saturated carbocycles. The molecule has 0 aliphatic heterocycles. The Balaban J connectivity index is 3.05. The van der Waals surface area contributed by atoms with E-state index in [2.05, 4.69) is 12.2 Å². The van der Waals surface area contributed by atoms with Crippen LogP contribution in [-0.4, -0.2) is 6.41 Å². The van der Waals surface area contributed by atoms with Crippen molar-refractivity contribution in [3.8, 4) is 0 Å². The zero-order valence-electron chi connectivity index (χ0n) is 6.42. The predicted molar refractivity (Wildman–Crippen MR) is 45.3 cm³/mol. The van der Waals surface area contributed by atoms with Gasteiger partial charge in [-0.25, -0.2) is 0 Å². The van der Waals surface area contributed by atoms with Gasteiger partial charge in [0, 0.05) is 5.69 Å². The maximum atomic E-state index is 10.1. The summed E-state index contributed by atoms with van der Waals surface area (Å²) in [4.78, 5) is 10.1. The van der Waals surface area contributed by atoms with E-state index in [1.165, 1.54) is 0 Å². The van der Waals surface area contributed by atoms with Gasteiger partial charge in [-0.3, -0.25) is 4.79 Å². The van der Waals surface area contributed by atoms with E-state index in [1.54, 1.807) is 0 Å². The average molecular weight is 148 g/mol. The summed E-state index contributed by atoms with van der Waals surface area (Å²) in [6.07, 6.45) is 0.656. The zero-order valence-corrected chi connectivity index (χ0v) is 6.42. The quantitative estimate of drug-likeness (QED) is 0.636. The van der Waals surface area contributed by atoms with Crippen molar-refractivity contribution in [2.45, 2.75) is 6.92 Å². The first-order valence-corrected chi connectivity index (χ1v) is 3.37. The largest absolute Gasteiger partial charge is 0.328 e. The molecule has 2 nitrogen and oxygen atoms in total. The molecule has 1 aromatic carbocycles. The van der Waals surface area contributed by atoms with Gasteiger partial charge in [-0.2, -0.15) is 0 Å². The van der Waals surface area contributed by atoms with Crippen LogP contribution in [0.15, 0.2) is 18.2 Å². The van der Waals surface area contributed by atoms with E-state index in [0.717, 1.165) is 16.8 Å². The monoisotopic (exact) mass is 148 g/mol. The SMILES string of the molecule is [CH2]c1c(C)cccc1NC=O. The number of aryl methyl sites for hydroxylation is 1. The summed E-state index contributed by atoms with van der Waals surface area (Å²) >= 11 is 0. The van der Waals surface area contributed by atoms with Crippen LogP contribution >= 0.6 is 0 Å². The van der Waals surface area contributed by atoms with Gasteiger partial charge in [0.15, 0.2) is 0 Å². The molecule has 0 aliphatic rings. The summed E-state index contributed by atoms with van der Waals surface area (Å²) in [6, 6.07) is 5.66. The Morgan fingerprint density at radius 2 is 2.27 bits per heavy atom. The summed E-state index contributed by atoms with van der Waals surface area (Å²) in [5.41, 5.74) is 2.73. The van der Waals surface area contributed by atoms with Gasteiger partial charge < -0.3 is 5.32 Å². The van der Waals surface area contributed by atoms with E-state index < -0.39 is 0 Å². The maximum Gasteiger partial charge on any atom is 0.211 e. The molecular weight excluding hydrogens is 138 g/mol. The molecule has 0 fully saturated rings. The second-order valence-electron chi connectivity index (χ2n) is 2.36. The summed E-state index contributed by atoms with van der Waals surface area (Å²) < 4.78 is 0. The second-order valence-corrected chi connectivity index (χ2v) is 2.36. The third kappa shape index (κ3) is 1.58. The molecule has 0 aromatic heterocycles. The lowest BCUT2D eigenvalue weighted by atomic mass is 10.1. The fraction of sp³-hybridized carbons (Fsp3) is 0.111. The highest BCUT2D eigenvalue weighted by Crippen LogP contribution is 2.16. The topological polar surface area (TPSA) is 29.1 Å². The third-order valence-corrected chi connectivity index (χ3v) is 1.62. The van der Waals surface area contributed by atoms with Gasteiger partial charge in [-0.05, 0) is 31.0 Å². The van der Waals surface area contributed by atoms with Crippen molar-refractivity contribution in [1.82, 2.24) is 0 Å². The van der Waals surface area contributed by atoms with Gasteiger partial charge in [0.05, 0.1) is 0 Å². The zero-order chi connectivity index (χ0) is 8.27. The van der Waals surface area contributed by atoms with Crippen LogP contribution in [0, 0.1) is 13.8 Å². The van der Waals surface area contributed by atoms with Crippen LogP contribution in [0.4, 0.5) is 5.69 Å². The molecular formula is C9H10NO. The summed E-state index contributed by atoms with van der Waals surface area (Å²) in [7, 11) is 0. The minimum Gasteiger partial charge on any atom is -0.328 e. The summed E-state index contributed by atoms with van der Waals surface area (Å²) in [6.45, 7) is 5.77. The normalized spacial score (nSPS) is 9.27. The van der Waals surface area contributed by atoms with E-state index in [0.29, 0.717) is 6.41 Å². The van der Waals surface area contributed by atoms with Crippen molar-refractivity contribution in [3.05, 3.63) is 36.2 Å². The highest BCUT2D eigenvalue weighted by atomic mass is 16.1. The molecule has 2 heteroatoms. The first kappa shape index (κ1) is 7.79. The first-order chi connectivity index (χ1) is 5.25. The Labute approximate surface area is 66.2 Å². The van der Waals surface area contributed by atoms with E-state index in [1.807, 2.05) is 25.1 Å². The number of hydrogen-bond acceptors (Lipinski definition) is 1. The fourth-order valence-electron chi connectivity index (χ4n) is 0.901. The molecule has 0 heterocycles. The molecule has 1 rings (SSSR count). The Morgan fingerprint density at radius 1 is 1.55 bits per heavy atom. The number of carbonyl (C=O) groups excluding carboxylic acids is 1. The lowest BCUT2D eigenvalue weighted by Crippen LogP contribution is -1.96. The van der Waals surface area contributed by atoms with Crippen molar-refractivity contribution < 1.29 is 4.79 Å². The number of amides is 1. The van der Waals surface area contributed by atoms with Crippen LogP contribution in [0.5, 0.6) is 0 Å². The standard InChI is InChI=1S/C9H10NO/c1-7-4-3-5-9(8(7)2)10-6-11/h3-6H,2H2,1H3,(H,10,11). The van der Waals surface area contributed by atoms with Crippen molar-refractivity contribution >= 4 is 12.1 Å². The Kier molecular flexibility index (Phi) is 2.26. The lowest BCUT2D eigenvalue weighted by Gasteiger charge is -2.05. The number of nitrogens with one attached hydrogen (secondary N) is 1. The summed E-state index contributed by atoms with van der Waals surface area (Å²) in [5, 5.41) is 2.57. The van der Waals surface area contributed by atoms with Gasteiger partial charge in [0.25, 0.3) is 0 Å². The summed E-state index contributed by atoms with van der Waals surface area (Å²) in [5.74, 6) is 0. The van der Waals surface area contributed by atoms with E-state index in [9.17, 15) is 4.79 Å². The highest BCUT2D eigenvalue weighted by Gasteiger charge is 1.97. The highest BCUT2D eigenvalue weighted by molar-refractivity contribution is 5.74. The Morgan fingerprint density at radius 3 is 2.91 bits per heavy atom. The molecule has 0 saturated heterocycles. The van der Waals surface area contributed by atoms with Gasteiger partial charge >= 0.3 is 0 Å². The molecule has 1 amide bonds. The number of benzene rings is 1. The van der Waals surface area contributed by atoms with Gasteiger partial charge in [-0.15, -0.1) is 0 Å². The van der Waals surface area contributed by atoms with Gasteiger partial charge in [-0.1, -0.05) is 12.1 Å². The first-order valence-electron chi connectivity index (χ1n) is 3.37. The van der Waals surface area contributed by atoms with E-state index in [-0.39, 0.29) is 0 Å². The molecule has 1 N–H and O–H groups in total. The molecule has 11 heavy (non-hydrogen) atoms. The Hall–Kier alpha value is -1.31. The third-order valence-electron chi connectivity index (χ3n) is 1.62. The van der Waals surface area contributed by atoms with Crippen molar-refractivity contribution in [1.29, 1.82) is 0 Å². The van der Waals surface area contributed by atoms with Crippen molar-refractivity contribution in [3.63, 3.8) is 0 Å². The number of hydrogen-bond donors (Lipinski definition) is 1. The fourth-order valence-corrected chi connectivity index (χ4v) is 0.901. The molecule has 1 aromatic rings. The smallest absolute Gasteiger partial charge is 0.211 e. The van der Waals surface area contributed by atoms with Crippen molar-refractivity contribution in [2.24, 2.45) is 0 Å². The van der Waals surface area contributed by atoms with Crippen LogP contribution in [-0.2, 0) is 4.79 Å².